The smallest absolute Gasteiger partial charge is 0.119 e. The molecule has 100 valence electrons. The summed E-state index contributed by atoms with van der Waals surface area (Å²) in [5.41, 5.74) is 2.45. The second-order valence-electron chi connectivity index (χ2n) is 4.78. The van der Waals surface area contributed by atoms with E-state index in [-0.39, 0.29) is 0 Å². The molecule has 0 bridgehead atoms. The van der Waals surface area contributed by atoms with Crippen LogP contribution < -0.4 is 10.1 Å². The molecule has 3 rings (SSSR count). The van der Waals surface area contributed by atoms with Gasteiger partial charge in [-0.05, 0) is 53.6 Å². The number of rotatable bonds is 5. The third-order valence-corrected chi connectivity index (χ3v) is 4.71. The first kappa shape index (κ1) is 13.0. The molecule has 1 heterocycles. The van der Waals surface area contributed by atoms with E-state index in [0.29, 0.717) is 6.04 Å². The number of hydrogen-bond donors (Lipinski definition) is 1. The third kappa shape index (κ3) is 2.94. The third-order valence-electron chi connectivity index (χ3n) is 3.33. The van der Waals surface area contributed by atoms with Crippen molar-refractivity contribution >= 4 is 22.9 Å². The lowest BCUT2D eigenvalue weighted by atomic mass is 10.1. The van der Waals surface area contributed by atoms with Gasteiger partial charge in [0.25, 0.3) is 0 Å². The van der Waals surface area contributed by atoms with Crippen LogP contribution in [0.4, 0.5) is 0 Å². The van der Waals surface area contributed by atoms with Crippen LogP contribution >= 0.6 is 22.9 Å². The predicted octanol–water partition coefficient (Wildman–Crippen LogP) is 4.33. The van der Waals surface area contributed by atoms with Crippen LogP contribution in [-0.4, -0.2) is 13.2 Å². The van der Waals surface area contributed by atoms with E-state index in [2.05, 4.69) is 17.4 Å². The lowest BCUT2D eigenvalue weighted by Crippen LogP contribution is -2.15. The first-order chi connectivity index (χ1) is 9.28. The average molecular weight is 294 g/mol. The van der Waals surface area contributed by atoms with E-state index < -0.39 is 0 Å². The molecule has 1 aliphatic rings. The Labute approximate surface area is 122 Å². The largest absolute Gasteiger partial charge is 0.497 e. The highest BCUT2D eigenvalue weighted by Gasteiger charge is 2.21. The standard InChI is InChI=1S/C15H16ClNOS/c1-18-12-4-5-13(15-14(16)6-7-19-15)10(8-12)9-17-11-2-3-11/h4-8,11,17H,2-3,9H2,1H3. The van der Waals surface area contributed by atoms with Gasteiger partial charge in [-0.2, -0.15) is 0 Å². The van der Waals surface area contributed by atoms with Gasteiger partial charge in [-0.3, -0.25) is 0 Å². The molecule has 0 saturated heterocycles. The summed E-state index contributed by atoms with van der Waals surface area (Å²) in [7, 11) is 1.70. The van der Waals surface area contributed by atoms with Crippen LogP contribution in [0.1, 0.15) is 18.4 Å². The Kier molecular flexibility index (Phi) is 3.78. The maximum Gasteiger partial charge on any atom is 0.119 e. The van der Waals surface area contributed by atoms with Crippen LogP contribution in [-0.2, 0) is 6.54 Å². The number of thiophene rings is 1. The Morgan fingerprint density at radius 2 is 2.21 bits per heavy atom. The van der Waals surface area contributed by atoms with E-state index in [0.717, 1.165) is 22.2 Å². The van der Waals surface area contributed by atoms with Crippen molar-refractivity contribution < 1.29 is 4.74 Å². The molecule has 1 aromatic carbocycles. The summed E-state index contributed by atoms with van der Waals surface area (Å²) in [5, 5.41) is 6.40. The number of hydrogen-bond acceptors (Lipinski definition) is 3. The number of nitrogens with one attached hydrogen (secondary N) is 1. The Bertz CT molecular complexity index is 577. The highest BCUT2D eigenvalue weighted by Crippen LogP contribution is 2.37. The van der Waals surface area contributed by atoms with Crippen molar-refractivity contribution in [3.8, 4) is 16.2 Å². The van der Waals surface area contributed by atoms with Crippen LogP contribution in [0.25, 0.3) is 10.4 Å². The summed E-state index contributed by atoms with van der Waals surface area (Å²) in [5.74, 6) is 0.893. The Hall–Kier alpha value is -1.03. The van der Waals surface area contributed by atoms with Gasteiger partial charge in [0.2, 0.25) is 0 Å². The van der Waals surface area contributed by atoms with Crippen molar-refractivity contribution in [3.05, 3.63) is 40.2 Å². The highest BCUT2D eigenvalue weighted by molar-refractivity contribution is 7.14. The molecular formula is C15H16ClNOS. The number of ether oxygens (including phenoxy) is 1. The van der Waals surface area contributed by atoms with Crippen molar-refractivity contribution in [1.29, 1.82) is 0 Å². The highest BCUT2D eigenvalue weighted by atomic mass is 35.5. The SMILES string of the molecule is COc1ccc(-c2sccc2Cl)c(CNC2CC2)c1. The van der Waals surface area contributed by atoms with Gasteiger partial charge >= 0.3 is 0 Å². The lowest BCUT2D eigenvalue weighted by Gasteiger charge is -2.11. The number of benzene rings is 1. The van der Waals surface area contributed by atoms with Crippen LogP contribution in [0.2, 0.25) is 5.02 Å². The summed E-state index contributed by atoms with van der Waals surface area (Å²) >= 11 is 7.93. The Balaban J connectivity index is 1.94. The van der Waals surface area contributed by atoms with Gasteiger partial charge in [-0.1, -0.05) is 11.6 Å². The van der Waals surface area contributed by atoms with E-state index in [1.54, 1.807) is 18.4 Å². The van der Waals surface area contributed by atoms with Gasteiger partial charge in [-0.15, -0.1) is 11.3 Å². The minimum atomic E-state index is 0.692. The minimum Gasteiger partial charge on any atom is -0.497 e. The molecule has 0 unspecified atom stereocenters. The minimum absolute atomic E-state index is 0.692. The van der Waals surface area contributed by atoms with Crippen molar-refractivity contribution in [2.75, 3.05) is 7.11 Å². The van der Waals surface area contributed by atoms with E-state index in [1.807, 2.05) is 17.5 Å². The molecule has 0 radical (unpaired) electrons. The molecule has 0 atom stereocenters. The fraction of sp³-hybridized carbons (Fsp3) is 0.333. The predicted molar refractivity (Wildman–Crippen MR) is 81.2 cm³/mol. The zero-order valence-electron chi connectivity index (χ0n) is 10.8. The van der Waals surface area contributed by atoms with Gasteiger partial charge in [0.1, 0.15) is 5.75 Å². The van der Waals surface area contributed by atoms with Crippen LogP contribution in [0.5, 0.6) is 5.75 Å². The fourth-order valence-corrected chi connectivity index (χ4v) is 3.31. The molecule has 1 aliphatic carbocycles. The normalized spacial score (nSPS) is 14.6. The molecular weight excluding hydrogens is 278 g/mol. The fourth-order valence-electron chi connectivity index (χ4n) is 2.09. The van der Waals surface area contributed by atoms with Gasteiger partial charge in [0.05, 0.1) is 17.0 Å². The number of methoxy groups -OCH3 is 1. The van der Waals surface area contributed by atoms with Gasteiger partial charge in [0, 0.05) is 12.6 Å². The topological polar surface area (TPSA) is 21.3 Å². The summed E-state index contributed by atoms with van der Waals surface area (Å²) in [6.45, 7) is 0.866. The molecule has 1 N–H and O–H groups in total. The van der Waals surface area contributed by atoms with E-state index in [4.69, 9.17) is 16.3 Å². The summed E-state index contributed by atoms with van der Waals surface area (Å²) in [4.78, 5) is 1.14. The molecule has 4 heteroatoms. The van der Waals surface area contributed by atoms with Gasteiger partial charge in [0.15, 0.2) is 0 Å². The van der Waals surface area contributed by atoms with E-state index >= 15 is 0 Å². The summed E-state index contributed by atoms with van der Waals surface area (Å²) in [6.07, 6.45) is 2.58. The first-order valence-electron chi connectivity index (χ1n) is 6.41. The maximum atomic E-state index is 6.25. The molecule has 1 aromatic heterocycles. The zero-order chi connectivity index (χ0) is 13.2. The second-order valence-corrected chi connectivity index (χ2v) is 6.10. The molecule has 0 amide bonds. The summed E-state index contributed by atoms with van der Waals surface area (Å²) in [6, 6.07) is 8.83. The second kappa shape index (κ2) is 5.53. The van der Waals surface area contributed by atoms with Gasteiger partial charge in [-0.25, -0.2) is 0 Å². The van der Waals surface area contributed by atoms with Crippen molar-refractivity contribution in [3.63, 3.8) is 0 Å². The molecule has 2 aromatic rings. The number of halogens is 1. The van der Waals surface area contributed by atoms with Crippen LogP contribution in [0, 0.1) is 0 Å². The van der Waals surface area contributed by atoms with Crippen LogP contribution in [0.15, 0.2) is 29.6 Å². The Morgan fingerprint density at radius 1 is 1.37 bits per heavy atom. The molecule has 2 nitrogen and oxygen atoms in total. The van der Waals surface area contributed by atoms with Crippen LogP contribution in [0.3, 0.4) is 0 Å². The van der Waals surface area contributed by atoms with Crippen molar-refractivity contribution in [1.82, 2.24) is 5.32 Å². The monoisotopic (exact) mass is 293 g/mol. The zero-order valence-corrected chi connectivity index (χ0v) is 12.4. The van der Waals surface area contributed by atoms with Gasteiger partial charge < -0.3 is 10.1 Å². The molecule has 19 heavy (non-hydrogen) atoms. The van der Waals surface area contributed by atoms with E-state index in [9.17, 15) is 0 Å². The van der Waals surface area contributed by atoms with E-state index in [1.165, 1.54) is 24.0 Å². The molecule has 0 spiro atoms. The van der Waals surface area contributed by atoms with Crippen molar-refractivity contribution in [2.24, 2.45) is 0 Å². The molecule has 1 saturated carbocycles. The lowest BCUT2D eigenvalue weighted by molar-refractivity contribution is 0.414. The Morgan fingerprint density at radius 3 is 2.84 bits per heavy atom. The maximum absolute atomic E-state index is 6.25. The summed E-state index contributed by atoms with van der Waals surface area (Å²) < 4.78 is 5.32. The molecule has 0 aliphatic heterocycles. The quantitative estimate of drug-likeness (QED) is 0.886. The van der Waals surface area contributed by atoms with Crippen molar-refractivity contribution in [2.45, 2.75) is 25.4 Å². The first-order valence-corrected chi connectivity index (χ1v) is 7.67. The average Bonchev–Trinajstić information content (AvgIpc) is 3.17. The molecule has 1 fully saturated rings.